The lowest BCUT2D eigenvalue weighted by atomic mass is 10.0. The summed E-state index contributed by atoms with van der Waals surface area (Å²) in [4.78, 5) is 13.1. The second-order valence-electron chi connectivity index (χ2n) is 6.91. The quantitative estimate of drug-likeness (QED) is 0.829. The molecule has 2 aromatic rings. The zero-order valence-corrected chi connectivity index (χ0v) is 17.0. The molecule has 0 unspecified atom stereocenters. The van der Waals surface area contributed by atoms with Gasteiger partial charge in [-0.3, -0.25) is 4.79 Å². The Labute approximate surface area is 165 Å². The van der Waals surface area contributed by atoms with Crippen LogP contribution < -0.4 is 5.32 Å². The molecule has 1 fully saturated rings. The number of carbonyl (C=O) groups excluding carboxylic acids is 1. The van der Waals surface area contributed by atoms with Crippen molar-refractivity contribution in [2.75, 3.05) is 11.9 Å². The maximum Gasteiger partial charge on any atom is 0.243 e. The molecule has 0 aliphatic carbocycles. The summed E-state index contributed by atoms with van der Waals surface area (Å²) in [5.74, 6) is -0.351. The van der Waals surface area contributed by atoms with E-state index in [9.17, 15) is 13.2 Å². The Morgan fingerprint density at radius 1 is 1.07 bits per heavy atom. The van der Waals surface area contributed by atoms with Crippen LogP contribution in [0.3, 0.4) is 0 Å². The number of carbonyl (C=O) groups is 1. The van der Waals surface area contributed by atoms with Crippen molar-refractivity contribution in [3.05, 3.63) is 58.6 Å². The van der Waals surface area contributed by atoms with Gasteiger partial charge in [0, 0.05) is 6.54 Å². The monoisotopic (exact) mass is 406 g/mol. The van der Waals surface area contributed by atoms with Crippen LogP contribution in [0.2, 0.25) is 5.02 Å². The average molecular weight is 407 g/mol. The van der Waals surface area contributed by atoms with Crippen LogP contribution in [0.25, 0.3) is 0 Å². The van der Waals surface area contributed by atoms with E-state index in [0.29, 0.717) is 23.7 Å². The fourth-order valence-electron chi connectivity index (χ4n) is 3.24. The molecule has 1 atom stereocenters. The Kier molecular flexibility index (Phi) is 5.89. The van der Waals surface area contributed by atoms with Crippen LogP contribution in [0.4, 0.5) is 5.69 Å². The molecule has 0 aromatic heterocycles. The first-order chi connectivity index (χ1) is 12.8. The van der Waals surface area contributed by atoms with E-state index in [1.54, 1.807) is 36.4 Å². The molecule has 1 aliphatic heterocycles. The molecule has 1 saturated heterocycles. The highest BCUT2D eigenvalue weighted by Gasteiger charge is 2.37. The lowest BCUT2D eigenvalue weighted by molar-refractivity contribution is -0.120. The van der Waals surface area contributed by atoms with Crippen molar-refractivity contribution < 1.29 is 13.2 Å². The minimum Gasteiger partial charge on any atom is -0.323 e. The fourth-order valence-corrected chi connectivity index (χ4v) is 5.18. The second kappa shape index (κ2) is 8.00. The molecule has 0 bridgehead atoms. The van der Waals surface area contributed by atoms with Crippen LogP contribution in [0.1, 0.15) is 30.4 Å². The van der Waals surface area contributed by atoms with Gasteiger partial charge in [0.25, 0.3) is 0 Å². The number of aryl methyl sites for hydroxylation is 2. The molecule has 2 aromatic carbocycles. The molecule has 7 heteroatoms. The summed E-state index contributed by atoms with van der Waals surface area (Å²) in [5, 5.41) is 3.23. The van der Waals surface area contributed by atoms with Crippen LogP contribution in [0, 0.1) is 13.8 Å². The summed E-state index contributed by atoms with van der Waals surface area (Å²) in [5.41, 5.74) is 2.46. The molecule has 1 heterocycles. The third-order valence-electron chi connectivity index (χ3n) is 4.77. The second-order valence-corrected chi connectivity index (χ2v) is 9.21. The van der Waals surface area contributed by atoms with E-state index in [4.69, 9.17) is 11.6 Å². The molecule has 0 spiro atoms. The maximum absolute atomic E-state index is 13.1. The number of nitrogens with zero attached hydrogens (tertiary/aromatic N) is 1. The summed E-state index contributed by atoms with van der Waals surface area (Å²) >= 11 is 6.20. The number of benzene rings is 2. The number of hydrogen-bond donors (Lipinski definition) is 1. The number of nitrogens with one attached hydrogen (secondary N) is 1. The van der Waals surface area contributed by atoms with E-state index in [1.165, 1.54) is 4.31 Å². The Morgan fingerprint density at radius 2 is 1.74 bits per heavy atom. The smallest absolute Gasteiger partial charge is 0.243 e. The standard InChI is InChI=1S/C20H23ClN2O3S/c1-14-6-9-16(10-7-14)27(25,26)23-12-4-3-5-19(23)20(24)22-18-11-8-15(2)13-17(18)21/h6-11,13,19H,3-5,12H2,1-2H3,(H,22,24)/t19-/m0/s1. The number of amides is 1. The van der Waals surface area contributed by atoms with Crippen molar-refractivity contribution in [2.45, 2.75) is 44.0 Å². The maximum atomic E-state index is 13.1. The zero-order chi connectivity index (χ0) is 19.6. The minimum absolute atomic E-state index is 0.209. The Bertz CT molecular complexity index is 942. The molecule has 3 rings (SSSR count). The summed E-state index contributed by atoms with van der Waals surface area (Å²) < 4.78 is 27.5. The Morgan fingerprint density at radius 3 is 2.41 bits per heavy atom. The largest absolute Gasteiger partial charge is 0.323 e. The first-order valence-corrected chi connectivity index (χ1v) is 10.8. The van der Waals surface area contributed by atoms with Crippen LogP contribution in [0.5, 0.6) is 0 Å². The first kappa shape index (κ1) is 19.9. The predicted molar refractivity (Wildman–Crippen MR) is 108 cm³/mol. The number of anilines is 1. The van der Waals surface area contributed by atoms with Crippen LogP contribution in [-0.4, -0.2) is 31.2 Å². The van der Waals surface area contributed by atoms with E-state index in [-0.39, 0.29) is 10.8 Å². The summed E-state index contributed by atoms with van der Waals surface area (Å²) in [6, 6.07) is 11.3. The van der Waals surface area contributed by atoms with Crippen molar-refractivity contribution in [1.29, 1.82) is 0 Å². The zero-order valence-electron chi connectivity index (χ0n) is 15.4. The molecule has 144 valence electrons. The topological polar surface area (TPSA) is 66.5 Å². The fraction of sp³-hybridized carbons (Fsp3) is 0.350. The predicted octanol–water partition coefficient (Wildman–Crippen LogP) is 4.14. The molecular formula is C20H23ClN2O3S. The lowest BCUT2D eigenvalue weighted by Gasteiger charge is -2.33. The van der Waals surface area contributed by atoms with Crippen molar-refractivity contribution in [3.8, 4) is 0 Å². The number of piperidine rings is 1. The molecule has 5 nitrogen and oxygen atoms in total. The van der Waals surface area contributed by atoms with Gasteiger partial charge in [-0.05, 0) is 56.5 Å². The van der Waals surface area contributed by atoms with Crippen LogP contribution >= 0.6 is 11.6 Å². The van der Waals surface area contributed by atoms with Gasteiger partial charge in [0.05, 0.1) is 15.6 Å². The van der Waals surface area contributed by atoms with E-state index < -0.39 is 16.1 Å². The summed E-state index contributed by atoms with van der Waals surface area (Å²) in [7, 11) is -3.74. The molecule has 1 N–H and O–H groups in total. The number of hydrogen-bond acceptors (Lipinski definition) is 3. The van der Waals surface area contributed by atoms with Gasteiger partial charge >= 0.3 is 0 Å². The van der Waals surface area contributed by atoms with Crippen LogP contribution in [0.15, 0.2) is 47.4 Å². The van der Waals surface area contributed by atoms with E-state index in [1.807, 2.05) is 19.9 Å². The number of sulfonamides is 1. The average Bonchev–Trinajstić information content (AvgIpc) is 2.64. The van der Waals surface area contributed by atoms with Crippen molar-refractivity contribution in [3.63, 3.8) is 0 Å². The van der Waals surface area contributed by atoms with Gasteiger partial charge in [-0.25, -0.2) is 8.42 Å². The number of halogens is 1. The summed E-state index contributed by atoms with van der Waals surface area (Å²) in [6.07, 6.45) is 2.03. The third-order valence-corrected chi connectivity index (χ3v) is 7.00. The highest BCUT2D eigenvalue weighted by molar-refractivity contribution is 7.89. The van der Waals surface area contributed by atoms with Gasteiger partial charge in [0.1, 0.15) is 6.04 Å². The van der Waals surface area contributed by atoms with Gasteiger partial charge < -0.3 is 5.32 Å². The highest BCUT2D eigenvalue weighted by atomic mass is 35.5. The normalized spacial score (nSPS) is 18.3. The molecule has 27 heavy (non-hydrogen) atoms. The Balaban J connectivity index is 1.86. The minimum atomic E-state index is -3.74. The highest BCUT2D eigenvalue weighted by Crippen LogP contribution is 2.28. The molecule has 1 amide bonds. The number of rotatable bonds is 4. The van der Waals surface area contributed by atoms with Crippen molar-refractivity contribution in [1.82, 2.24) is 4.31 Å². The summed E-state index contributed by atoms with van der Waals surface area (Å²) in [6.45, 7) is 4.14. The van der Waals surface area contributed by atoms with Gasteiger partial charge in [0.15, 0.2) is 0 Å². The SMILES string of the molecule is Cc1ccc(S(=O)(=O)N2CCCC[C@H]2C(=O)Nc2ccc(C)cc2Cl)cc1. The van der Waals surface area contributed by atoms with Gasteiger partial charge in [-0.2, -0.15) is 4.31 Å². The van der Waals surface area contributed by atoms with E-state index in [2.05, 4.69) is 5.32 Å². The third kappa shape index (κ3) is 4.34. The Hall–Kier alpha value is -1.89. The molecule has 1 aliphatic rings. The molecule has 0 radical (unpaired) electrons. The van der Waals surface area contributed by atoms with Gasteiger partial charge in [0.2, 0.25) is 15.9 Å². The van der Waals surface area contributed by atoms with Gasteiger partial charge in [-0.15, -0.1) is 0 Å². The first-order valence-electron chi connectivity index (χ1n) is 8.94. The molecular weight excluding hydrogens is 384 g/mol. The van der Waals surface area contributed by atoms with E-state index >= 15 is 0 Å². The molecule has 0 saturated carbocycles. The van der Waals surface area contributed by atoms with Crippen molar-refractivity contribution >= 4 is 33.2 Å². The van der Waals surface area contributed by atoms with Crippen molar-refractivity contribution in [2.24, 2.45) is 0 Å². The lowest BCUT2D eigenvalue weighted by Crippen LogP contribution is -2.49. The van der Waals surface area contributed by atoms with Crippen LogP contribution in [-0.2, 0) is 14.8 Å². The van der Waals surface area contributed by atoms with E-state index in [0.717, 1.165) is 24.0 Å². The van der Waals surface area contributed by atoms with Gasteiger partial charge in [-0.1, -0.05) is 41.8 Å².